The normalized spacial score (nSPS) is 11.5. The molecule has 0 unspecified atom stereocenters. The Kier molecular flexibility index (Phi) is 3.47. The van der Waals surface area contributed by atoms with Crippen LogP contribution in [-0.2, 0) is 0 Å². The summed E-state index contributed by atoms with van der Waals surface area (Å²) in [6.07, 6.45) is 0.649. The average Bonchev–Trinajstić information content (AvgIpc) is 1.99. The molecule has 0 spiro atoms. The van der Waals surface area contributed by atoms with Gasteiger partial charge in [0.15, 0.2) is 0 Å². The summed E-state index contributed by atoms with van der Waals surface area (Å²) in [5, 5.41) is 12.1. The summed E-state index contributed by atoms with van der Waals surface area (Å²) >= 11 is 0. The van der Waals surface area contributed by atoms with E-state index in [1.807, 2.05) is 13.8 Å². The number of anilines is 2. The van der Waals surface area contributed by atoms with E-state index in [4.69, 9.17) is 10.8 Å². The van der Waals surface area contributed by atoms with E-state index in [-0.39, 0.29) is 12.1 Å². The van der Waals surface area contributed by atoms with Crippen LogP contribution in [0.5, 0.6) is 0 Å². The summed E-state index contributed by atoms with van der Waals surface area (Å²) in [6.45, 7) is 5.92. The number of nitrogens with two attached hydrogens (primary N) is 1. The van der Waals surface area contributed by atoms with Crippen molar-refractivity contribution >= 4 is 11.6 Å². The number of hydrogen-bond donors (Lipinski definition) is 3. The highest BCUT2D eigenvalue weighted by Crippen LogP contribution is 2.17. The van der Waals surface area contributed by atoms with Gasteiger partial charge in [-0.15, -0.1) is 0 Å². The van der Waals surface area contributed by atoms with Crippen molar-refractivity contribution in [2.75, 3.05) is 17.7 Å². The first-order chi connectivity index (χ1) is 6.93. The molecular weight excluding hydrogens is 192 g/mol. The number of nitrogen functional groups attached to an aromatic ring is 1. The van der Waals surface area contributed by atoms with Gasteiger partial charge in [-0.2, -0.15) is 0 Å². The summed E-state index contributed by atoms with van der Waals surface area (Å²) in [5.41, 5.74) is 5.41. The first kappa shape index (κ1) is 11.7. The van der Waals surface area contributed by atoms with E-state index in [2.05, 4.69) is 15.3 Å². The molecule has 0 atom stereocenters. The van der Waals surface area contributed by atoms with Gasteiger partial charge in [0.1, 0.15) is 17.5 Å². The molecule has 0 saturated carbocycles. The SMILES string of the molecule is Cc1nc(N)cc(NC(C)(C)CCO)n1. The highest BCUT2D eigenvalue weighted by molar-refractivity contribution is 5.46. The molecular formula is C10H18N4O. The molecule has 0 aromatic carbocycles. The van der Waals surface area contributed by atoms with Gasteiger partial charge in [0.2, 0.25) is 0 Å². The Morgan fingerprint density at radius 2 is 2.13 bits per heavy atom. The quantitative estimate of drug-likeness (QED) is 0.688. The summed E-state index contributed by atoms with van der Waals surface area (Å²) in [4.78, 5) is 8.21. The summed E-state index contributed by atoms with van der Waals surface area (Å²) in [6, 6.07) is 1.69. The topological polar surface area (TPSA) is 84.1 Å². The number of aliphatic hydroxyl groups is 1. The van der Waals surface area contributed by atoms with E-state index in [0.717, 1.165) is 0 Å². The molecule has 1 rings (SSSR count). The van der Waals surface area contributed by atoms with Crippen LogP contribution < -0.4 is 11.1 Å². The van der Waals surface area contributed by atoms with Gasteiger partial charge < -0.3 is 16.2 Å². The number of aromatic nitrogens is 2. The first-order valence-electron chi connectivity index (χ1n) is 4.93. The Morgan fingerprint density at radius 1 is 1.47 bits per heavy atom. The maximum absolute atomic E-state index is 8.89. The van der Waals surface area contributed by atoms with Crippen molar-refractivity contribution in [1.82, 2.24) is 9.97 Å². The number of aliphatic hydroxyl groups excluding tert-OH is 1. The lowest BCUT2D eigenvalue weighted by atomic mass is 10.0. The van der Waals surface area contributed by atoms with Crippen molar-refractivity contribution in [2.24, 2.45) is 0 Å². The number of nitrogens with one attached hydrogen (secondary N) is 1. The fraction of sp³-hybridized carbons (Fsp3) is 0.600. The van der Waals surface area contributed by atoms with Gasteiger partial charge in [-0.05, 0) is 27.2 Å². The van der Waals surface area contributed by atoms with Crippen LogP contribution in [0.2, 0.25) is 0 Å². The molecule has 84 valence electrons. The van der Waals surface area contributed by atoms with Crippen LogP contribution in [0.25, 0.3) is 0 Å². The zero-order chi connectivity index (χ0) is 11.5. The van der Waals surface area contributed by atoms with E-state index in [0.29, 0.717) is 23.9 Å². The highest BCUT2D eigenvalue weighted by Gasteiger charge is 2.17. The van der Waals surface area contributed by atoms with Gasteiger partial charge >= 0.3 is 0 Å². The van der Waals surface area contributed by atoms with Crippen LogP contribution in [-0.4, -0.2) is 27.2 Å². The second-order valence-corrected chi connectivity index (χ2v) is 4.21. The van der Waals surface area contributed by atoms with Gasteiger partial charge in [0, 0.05) is 18.2 Å². The number of hydrogen-bond acceptors (Lipinski definition) is 5. The molecule has 0 saturated heterocycles. The minimum absolute atomic E-state index is 0.138. The van der Waals surface area contributed by atoms with E-state index >= 15 is 0 Å². The fourth-order valence-electron chi connectivity index (χ4n) is 1.34. The zero-order valence-electron chi connectivity index (χ0n) is 9.41. The predicted octanol–water partition coefficient (Wildman–Crippen LogP) is 0.940. The Balaban J connectivity index is 2.80. The molecule has 5 nitrogen and oxygen atoms in total. The Hall–Kier alpha value is -1.36. The lowest BCUT2D eigenvalue weighted by molar-refractivity contribution is 0.260. The van der Waals surface area contributed by atoms with Crippen LogP contribution in [0.15, 0.2) is 6.07 Å². The molecule has 0 aliphatic heterocycles. The monoisotopic (exact) mass is 210 g/mol. The van der Waals surface area contributed by atoms with Crippen molar-refractivity contribution in [2.45, 2.75) is 32.7 Å². The van der Waals surface area contributed by atoms with E-state index < -0.39 is 0 Å². The van der Waals surface area contributed by atoms with Crippen LogP contribution in [0, 0.1) is 6.92 Å². The minimum Gasteiger partial charge on any atom is -0.396 e. The van der Waals surface area contributed by atoms with Gasteiger partial charge in [-0.3, -0.25) is 0 Å². The molecule has 0 bridgehead atoms. The number of nitrogens with zero attached hydrogens (tertiary/aromatic N) is 2. The smallest absolute Gasteiger partial charge is 0.132 e. The van der Waals surface area contributed by atoms with Crippen LogP contribution in [0.1, 0.15) is 26.1 Å². The van der Waals surface area contributed by atoms with Crippen molar-refractivity contribution in [1.29, 1.82) is 0 Å². The molecule has 0 aliphatic carbocycles. The number of aryl methyl sites for hydroxylation is 1. The Bertz CT molecular complexity index is 318. The number of rotatable bonds is 4. The molecule has 5 heteroatoms. The Morgan fingerprint density at radius 3 is 2.67 bits per heavy atom. The minimum atomic E-state index is -0.206. The van der Waals surface area contributed by atoms with Crippen molar-refractivity contribution in [3.8, 4) is 0 Å². The van der Waals surface area contributed by atoms with Gasteiger partial charge in [-0.1, -0.05) is 0 Å². The molecule has 0 aliphatic rings. The lowest BCUT2D eigenvalue weighted by Crippen LogP contribution is -2.32. The molecule has 0 amide bonds. The standard InChI is InChI=1S/C10H18N4O/c1-7-12-8(11)6-9(13-7)14-10(2,3)4-5-15/h6,15H,4-5H2,1-3H3,(H3,11,12,13,14). The maximum atomic E-state index is 8.89. The third-order valence-electron chi connectivity index (χ3n) is 2.06. The summed E-state index contributed by atoms with van der Waals surface area (Å²) in [5.74, 6) is 1.78. The van der Waals surface area contributed by atoms with Crippen molar-refractivity contribution < 1.29 is 5.11 Å². The van der Waals surface area contributed by atoms with Gasteiger partial charge in [-0.25, -0.2) is 9.97 Å². The maximum Gasteiger partial charge on any atom is 0.132 e. The largest absolute Gasteiger partial charge is 0.396 e. The third-order valence-corrected chi connectivity index (χ3v) is 2.06. The van der Waals surface area contributed by atoms with Crippen molar-refractivity contribution in [3.05, 3.63) is 11.9 Å². The van der Waals surface area contributed by atoms with Crippen LogP contribution in [0.4, 0.5) is 11.6 Å². The molecule has 15 heavy (non-hydrogen) atoms. The molecule has 1 heterocycles. The van der Waals surface area contributed by atoms with Crippen LogP contribution in [0.3, 0.4) is 0 Å². The Labute approximate surface area is 89.7 Å². The van der Waals surface area contributed by atoms with Gasteiger partial charge in [0.05, 0.1) is 0 Å². The molecule has 0 fully saturated rings. The molecule has 4 N–H and O–H groups in total. The highest BCUT2D eigenvalue weighted by atomic mass is 16.3. The fourth-order valence-corrected chi connectivity index (χ4v) is 1.34. The van der Waals surface area contributed by atoms with E-state index in [9.17, 15) is 0 Å². The van der Waals surface area contributed by atoms with Crippen molar-refractivity contribution in [3.63, 3.8) is 0 Å². The lowest BCUT2D eigenvalue weighted by Gasteiger charge is -2.26. The third kappa shape index (κ3) is 3.71. The average molecular weight is 210 g/mol. The summed E-state index contributed by atoms with van der Waals surface area (Å²) < 4.78 is 0. The summed E-state index contributed by atoms with van der Waals surface area (Å²) in [7, 11) is 0. The van der Waals surface area contributed by atoms with Crippen LogP contribution >= 0.6 is 0 Å². The zero-order valence-corrected chi connectivity index (χ0v) is 9.41. The van der Waals surface area contributed by atoms with E-state index in [1.165, 1.54) is 0 Å². The second kappa shape index (κ2) is 4.44. The second-order valence-electron chi connectivity index (χ2n) is 4.21. The predicted molar refractivity (Wildman–Crippen MR) is 60.6 cm³/mol. The molecule has 1 aromatic heterocycles. The molecule has 1 aromatic rings. The van der Waals surface area contributed by atoms with E-state index in [1.54, 1.807) is 13.0 Å². The first-order valence-corrected chi connectivity index (χ1v) is 4.93. The molecule has 0 radical (unpaired) electrons. The van der Waals surface area contributed by atoms with Gasteiger partial charge in [0.25, 0.3) is 0 Å².